The number of nitrogens with zero attached hydrogens (tertiary/aromatic N) is 5. The van der Waals surface area contributed by atoms with E-state index in [4.69, 9.17) is 0 Å². The van der Waals surface area contributed by atoms with Crippen LogP contribution in [0.1, 0.15) is 11.4 Å². The Labute approximate surface area is 131 Å². The van der Waals surface area contributed by atoms with Crippen molar-refractivity contribution in [2.24, 2.45) is 0 Å². The van der Waals surface area contributed by atoms with Crippen molar-refractivity contribution >= 4 is 16.3 Å². The highest BCUT2D eigenvalue weighted by atomic mass is 32.1. The Morgan fingerprint density at radius 2 is 1.77 bits per heavy atom. The van der Waals surface area contributed by atoms with Crippen molar-refractivity contribution in [3.8, 4) is 10.7 Å². The summed E-state index contributed by atoms with van der Waals surface area (Å²) in [6.45, 7) is 0. The van der Waals surface area contributed by atoms with Gasteiger partial charge in [-0.05, 0) is 24.1 Å². The Hall–Kier alpha value is -2.60. The standard InChI is InChI=1S/C16H13N5S/c1-2-6-12(7-3-1)9-10-14-18-19-16-21(14)20-15(22-16)13-8-4-5-11-17-13/h1-8,11H,9-10H2. The lowest BCUT2D eigenvalue weighted by Crippen LogP contribution is -1.99. The van der Waals surface area contributed by atoms with Crippen molar-refractivity contribution in [3.63, 3.8) is 0 Å². The number of aromatic nitrogens is 5. The lowest BCUT2D eigenvalue weighted by atomic mass is 10.1. The molecule has 0 bridgehead atoms. The van der Waals surface area contributed by atoms with Gasteiger partial charge in [0.1, 0.15) is 5.69 Å². The van der Waals surface area contributed by atoms with Crippen molar-refractivity contribution in [1.29, 1.82) is 0 Å². The van der Waals surface area contributed by atoms with Crippen molar-refractivity contribution in [3.05, 3.63) is 66.1 Å². The summed E-state index contributed by atoms with van der Waals surface area (Å²) in [5.41, 5.74) is 2.16. The first-order valence-corrected chi connectivity index (χ1v) is 7.88. The maximum Gasteiger partial charge on any atom is 0.235 e. The van der Waals surface area contributed by atoms with Gasteiger partial charge in [0, 0.05) is 12.6 Å². The maximum atomic E-state index is 4.60. The minimum atomic E-state index is 0.809. The van der Waals surface area contributed by atoms with Gasteiger partial charge in [-0.25, -0.2) is 0 Å². The molecule has 0 radical (unpaired) electrons. The van der Waals surface area contributed by atoms with Gasteiger partial charge in [0.15, 0.2) is 10.8 Å². The van der Waals surface area contributed by atoms with Gasteiger partial charge in [0.2, 0.25) is 4.96 Å². The molecule has 6 heteroatoms. The summed E-state index contributed by atoms with van der Waals surface area (Å²) in [6, 6.07) is 16.2. The molecule has 22 heavy (non-hydrogen) atoms. The molecule has 0 aliphatic heterocycles. The SMILES string of the molecule is c1ccc(CCc2nnc3sc(-c4ccccn4)nn23)cc1. The van der Waals surface area contributed by atoms with Crippen LogP contribution in [0.15, 0.2) is 54.7 Å². The average molecular weight is 307 g/mol. The average Bonchev–Trinajstić information content (AvgIpc) is 3.16. The second-order valence-corrected chi connectivity index (χ2v) is 5.87. The third kappa shape index (κ3) is 2.48. The monoisotopic (exact) mass is 307 g/mol. The predicted molar refractivity (Wildman–Crippen MR) is 85.7 cm³/mol. The molecule has 3 heterocycles. The molecule has 4 rings (SSSR count). The fraction of sp³-hybridized carbons (Fsp3) is 0.125. The number of hydrogen-bond donors (Lipinski definition) is 0. The third-order valence-electron chi connectivity index (χ3n) is 3.42. The molecule has 3 aromatic heterocycles. The molecule has 0 fully saturated rings. The highest BCUT2D eigenvalue weighted by Crippen LogP contribution is 2.23. The van der Waals surface area contributed by atoms with Gasteiger partial charge in [0.25, 0.3) is 0 Å². The molecule has 0 amide bonds. The molecule has 108 valence electrons. The first-order chi connectivity index (χ1) is 10.9. The molecule has 0 saturated heterocycles. The first-order valence-electron chi connectivity index (χ1n) is 7.06. The van der Waals surface area contributed by atoms with E-state index in [1.54, 1.807) is 6.20 Å². The van der Waals surface area contributed by atoms with Crippen LogP contribution in [0.5, 0.6) is 0 Å². The summed E-state index contributed by atoms with van der Waals surface area (Å²) in [5.74, 6) is 0.886. The second-order valence-electron chi connectivity index (χ2n) is 4.92. The van der Waals surface area contributed by atoms with Crippen molar-refractivity contribution in [2.45, 2.75) is 12.8 Å². The summed E-state index contributed by atoms with van der Waals surface area (Å²) in [7, 11) is 0. The zero-order chi connectivity index (χ0) is 14.8. The summed E-state index contributed by atoms with van der Waals surface area (Å²) in [5, 5.41) is 13.9. The first kappa shape index (κ1) is 13.1. The van der Waals surface area contributed by atoms with Gasteiger partial charge in [0.05, 0.1) is 0 Å². The van der Waals surface area contributed by atoms with Gasteiger partial charge in [-0.3, -0.25) is 4.98 Å². The number of aryl methyl sites for hydroxylation is 2. The van der Waals surface area contributed by atoms with Gasteiger partial charge in [-0.15, -0.1) is 10.2 Å². The summed E-state index contributed by atoms with van der Waals surface area (Å²) in [4.78, 5) is 5.14. The Morgan fingerprint density at radius 3 is 2.59 bits per heavy atom. The van der Waals surface area contributed by atoms with E-state index in [-0.39, 0.29) is 0 Å². The number of pyridine rings is 1. The van der Waals surface area contributed by atoms with E-state index in [1.807, 2.05) is 28.8 Å². The van der Waals surface area contributed by atoms with E-state index in [0.29, 0.717) is 0 Å². The summed E-state index contributed by atoms with van der Waals surface area (Å²) >= 11 is 1.51. The molecule has 0 atom stereocenters. The molecule has 0 saturated carbocycles. The maximum absolute atomic E-state index is 4.60. The Bertz CT molecular complexity index is 883. The van der Waals surface area contributed by atoms with Crippen LogP contribution in [0, 0.1) is 0 Å². The van der Waals surface area contributed by atoms with Crippen LogP contribution in [-0.2, 0) is 12.8 Å². The van der Waals surface area contributed by atoms with Gasteiger partial charge in [-0.1, -0.05) is 47.7 Å². The number of fused-ring (bicyclic) bond motifs is 1. The van der Waals surface area contributed by atoms with Crippen molar-refractivity contribution < 1.29 is 0 Å². The largest absolute Gasteiger partial charge is 0.254 e. The third-order valence-corrected chi connectivity index (χ3v) is 4.34. The van der Waals surface area contributed by atoms with Gasteiger partial charge >= 0.3 is 0 Å². The minimum Gasteiger partial charge on any atom is -0.254 e. The van der Waals surface area contributed by atoms with Crippen LogP contribution in [-0.4, -0.2) is 24.8 Å². The number of rotatable bonds is 4. The Kier molecular flexibility index (Phi) is 3.36. The second kappa shape index (κ2) is 5.65. The molecule has 5 nitrogen and oxygen atoms in total. The Balaban J connectivity index is 1.61. The predicted octanol–water partition coefficient (Wildman–Crippen LogP) is 3.03. The van der Waals surface area contributed by atoms with E-state index in [2.05, 4.69) is 44.5 Å². The molecule has 1 aromatic carbocycles. The minimum absolute atomic E-state index is 0.809. The van der Waals surface area contributed by atoms with Crippen LogP contribution >= 0.6 is 11.3 Å². The lowest BCUT2D eigenvalue weighted by molar-refractivity contribution is 0.792. The van der Waals surface area contributed by atoms with Crippen LogP contribution in [0.3, 0.4) is 0 Å². The van der Waals surface area contributed by atoms with Crippen LogP contribution in [0.2, 0.25) is 0 Å². The van der Waals surface area contributed by atoms with Gasteiger partial charge < -0.3 is 0 Å². The quantitative estimate of drug-likeness (QED) is 0.581. The van der Waals surface area contributed by atoms with E-state index in [9.17, 15) is 0 Å². The molecular formula is C16H13N5S. The summed E-state index contributed by atoms with van der Waals surface area (Å²) < 4.78 is 1.83. The lowest BCUT2D eigenvalue weighted by Gasteiger charge is -1.98. The van der Waals surface area contributed by atoms with E-state index >= 15 is 0 Å². The van der Waals surface area contributed by atoms with Crippen molar-refractivity contribution in [1.82, 2.24) is 24.8 Å². The number of benzene rings is 1. The zero-order valence-electron chi connectivity index (χ0n) is 11.8. The summed E-state index contributed by atoms with van der Waals surface area (Å²) in [6.07, 6.45) is 3.52. The number of hydrogen-bond acceptors (Lipinski definition) is 5. The normalized spacial score (nSPS) is 11.1. The highest BCUT2D eigenvalue weighted by molar-refractivity contribution is 7.19. The molecule has 0 aliphatic carbocycles. The van der Waals surface area contributed by atoms with Gasteiger partial charge in [-0.2, -0.15) is 9.61 Å². The molecule has 4 aromatic rings. The molecule has 0 aliphatic rings. The smallest absolute Gasteiger partial charge is 0.235 e. The van der Waals surface area contributed by atoms with Crippen LogP contribution in [0.4, 0.5) is 0 Å². The van der Waals surface area contributed by atoms with Crippen LogP contribution in [0.25, 0.3) is 15.7 Å². The highest BCUT2D eigenvalue weighted by Gasteiger charge is 2.13. The Morgan fingerprint density at radius 1 is 0.909 bits per heavy atom. The molecular weight excluding hydrogens is 294 g/mol. The van der Waals surface area contributed by atoms with E-state index in [1.165, 1.54) is 16.9 Å². The fourth-order valence-electron chi connectivity index (χ4n) is 2.31. The van der Waals surface area contributed by atoms with E-state index < -0.39 is 0 Å². The molecule has 0 spiro atoms. The topological polar surface area (TPSA) is 56.0 Å². The fourth-order valence-corrected chi connectivity index (χ4v) is 3.14. The molecule has 0 N–H and O–H groups in total. The van der Waals surface area contributed by atoms with E-state index in [0.717, 1.165) is 34.3 Å². The molecule has 0 unspecified atom stereocenters. The zero-order valence-corrected chi connectivity index (χ0v) is 12.6. The van der Waals surface area contributed by atoms with Crippen LogP contribution < -0.4 is 0 Å². The van der Waals surface area contributed by atoms with Crippen molar-refractivity contribution in [2.75, 3.05) is 0 Å².